The van der Waals surface area contributed by atoms with Crippen LogP contribution in [0.3, 0.4) is 0 Å². The van der Waals surface area contributed by atoms with Crippen molar-refractivity contribution in [2.24, 2.45) is 17.3 Å². The van der Waals surface area contributed by atoms with Crippen LogP contribution in [0.25, 0.3) is 0 Å². The zero-order chi connectivity index (χ0) is 15.4. The second kappa shape index (κ2) is 4.41. The van der Waals surface area contributed by atoms with Crippen LogP contribution in [-0.2, 0) is 20.8 Å². The molecule has 110 valence electrons. The van der Waals surface area contributed by atoms with Gasteiger partial charge in [-0.3, -0.25) is 19.3 Å². The van der Waals surface area contributed by atoms with Gasteiger partial charge in [0.2, 0.25) is 11.8 Å². The van der Waals surface area contributed by atoms with E-state index in [-0.39, 0.29) is 35.5 Å². The molecule has 1 N–H and O–H groups in total. The van der Waals surface area contributed by atoms with Gasteiger partial charge in [0, 0.05) is 6.42 Å². The molecule has 1 saturated carbocycles. The van der Waals surface area contributed by atoms with E-state index in [0.717, 1.165) is 5.56 Å². The molecule has 1 aromatic rings. The summed E-state index contributed by atoms with van der Waals surface area (Å²) in [6.07, 6.45) is 0.509. The van der Waals surface area contributed by atoms with Crippen LogP contribution in [0.4, 0.5) is 5.69 Å². The Bertz CT molecular complexity index is 608. The molecule has 2 aliphatic rings. The van der Waals surface area contributed by atoms with Crippen LogP contribution >= 0.6 is 0 Å². The smallest absolute Gasteiger partial charge is 0.303 e. The Morgan fingerprint density at radius 1 is 1.14 bits per heavy atom. The molecule has 0 spiro atoms. The molecule has 2 atom stereocenters. The molecule has 1 aliphatic carbocycles. The van der Waals surface area contributed by atoms with E-state index < -0.39 is 5.97 Å². The number of carbonyl (C=O) groups is 3. The highest BCUT2D eigenvalue weighted by molar-refractivity contribution is 6.25. The standard InChI is InChI=1S/C16H17NO4/c1-16(2)12-13(16)15(21)17(14(12)20)10-6-3-9(4-7-10)5-8-11(18)19/h3-4,6-7,12-13H,5,8H2,1-2H3,(H,18,19). The number of rotatable bonds is 4. The Labute approximate surface area is 122 Å². The number of fused-ring (bicyclic) bond motifs is 1. The van der Waals surface area contributed by atoms with Crippen molar-refractivity contribution in [3.63, 3.8) is 0 Å². The maximum atomic E-state index is 12.3. The van der Waals surface area contributed by atoms with E-state index in [9.17, 15) is 14.4 Å². The normalized spacial score (nSPS) is 25.9. The van der Waals surface area contributed by atoms with Gasteiger partial charge in [-0.05, 0) is 29.5 Å². The lowest BCUT2D eigenvalue weighted by Crippen LogP contribution is -2.36. The second-order valence-electron chi connectivity index (χ2n) is 6.35. The lowest BCUT2D eigenvalue weighted by atomic mass is 10.0. The predicted octanol–water partition coefficient (Wildman–Crippen LogP) is 1.85. The molecule has 2 fully saturated rings. The number of benzene rings is 1. The number of carboxylic acid groups (broad SMARTS) is 1. The number of amides is 2. The van der Waals surface area contributed by atoms with Gasteiger partial charge in [0.15, 0.2) is 0 Å². The third kappa shape index (κ3) is 2.04. The monoisotopic (exact) mass is 287 g/mol. The predicted molar refractivity (Wildman–Crippen MR) is 75.7 cm³/mol. The molecule has 2 unspecified atom stereocenters. The number of hydrogen-bond donors (Lipinski definition) is 1. The third-order valence-corrected chi connectivity index (χ3v) is 4.62. The van der Waals surface area contributed by atoms with Crippen LogP contribution in [0.15, 0.2) is 24.3 Å². The summed E-state index contributed by atoms with van der Waals surface area (Å²) in [5.41, 5.74) is 1.25. The summed E-state index contributed by atoms with van der Waals surface area (Å²) in [7, 11) is 0. The highest BCUT2D eigenvalue weighted by atomic mass is 16.4. The van der Waals surface area contributed by atoms with Crippen molar-refractivity contribution in [3.8, 4) is 0 Å². The number of piperidine rings is 1. The van der Waals surface area contributed by atoms with Gasteiger partial charge in [-0.15, -0.1) is 0 Å². The van der Waals surface area contributed by atoms with E-state index in [0.29, 0.717) is 12.1 Å². The molecule has 0 radical (unpaired) electrons. The van der Waals surface area contributed by atoms with E-state index in [1.165, 1.54) is 4.90 Å². The lowest BCUT2D eigenvalue weighted by Gasteiger charge is -2.20. The van der Waals surface area contributed by atoms with Gasteiger partial charge in [-0.2, -0.15) is 0 Å². The first-order valence-electron chi connectivity index (χ1n) is 7.02. The number of aryl methyl sites for hydroxylation is 1. The van der Waals surface area contributed by atoms with Gasteiger partial charge in [-0.25, -0.2) is 0 Å². The van der Waals surface area contributed by atoms with Crippen molar-refractivity contribution in [1.29, 1.82) is 0 Å². The Kier molecular flexibility index (Phi) is 2.90. The number of anilines is 1. The van der Waals surface area contributed by atoms with Crippen LogP contribution in [0.1, 0.15) is 25.8 Å². The lowest BCUT2D eigenvalue weighted by molar-refractivity contribution is -0.137. The summed E-state index contributed by atoms with van der Waals surface area (Å²) in [5.74, 6) is -1.44. The summed E-state index contributed by atoms with van der Waals surface area (Å²) in [4.78, 5) is 36.4. The maximum Gasteiger partial charge on any atom is 0.303 e. The Morgan fingerprint density at radius 2 is 1.67 bits per heavy atom. The van der Waals surface area contributed by atoms with Crippen molar-refractivity contribution < 1.29 is 19.5 Å². The summed E-state index contributed by atoms with van der Waals surface area (Å²) in [6.45, 7) is 3.90. The van der Waals surface area contributed by atoms with Gasteiger partial charge >= 0.3 is 5.97 Å². The van der Waals surface area contributed by atoms with E-state index in [2.05, 4.69) is 0 Å². The van der Waals surface area contributed by atoms with E-state index in [1.54, 1.807) is 24.3 Å². The second-order valence-corrected chi connectivity index (χ2v) is 6.35. The van der Waals surface area contributed by atoms with Crippen molar-refractivity contribution in [1.82, 2.24) is 0 Å². The minimum Gasteiger partial charge on any atom is -0.481 e. The minimum atomic E-state index is -0.841. The number of hydrogen-bond acceptors (Lipinski definition) is 3. The zero-order valence-electron chi connectivity index (χ0n) is 12.0. The van der Waals surface area contributed by atoms with Crippen LogP contribution in [0.2, 0.25) is 0 Å². The SMILES string of the molecule is CC1(C)C2C(=O)N(c3ccc(CCC(=O)O)cc3)C(=O)C21. The number of imide groups is 1. The van der Waals surface area contributed by atoms with Gasteiger partial charge in [0.05, 0.1) is 17.5 Å². The molecular weight excluding hydrogens is 270 g/mol. The van der Waals surface area contributed by atoms with Gasteiger partial charge < -0.3 is 5.11 Å². The van der Waals surface area contributed by atoms with Gasteiger partial charge in [0.1, 0.15) is 0 Å². The first-order valence-corrected chi connectivity index (χ1v) is 7.02. The zero-order valence-corrected chi connectivity index (χ0v) is 12.0. The summed E-state index contributed by atoms with van der Waals surface area (Å²) < 4.78 is 0. The topological polar surface area (TPSA) is 74.7 Å². The van der Waals surface area contributed by atoms with Gasteiger partial charge in [0.25, 0.3) is 0 Å². The molecule has 21 heavy (non-hydrogen) atoms. The minimum absolute atomic E-state index is 0.0687. The number of nitrogens with zero attached hydrogens (tertiary/aromatic N) is 1. The molecule has 5 nitrogen and oxygen atoms in total. The molecule has 3 rings (SSSR count). The molecular formula is C16H17NO4. The van der Waals surface area contributed by atoms with Gasteiger partial charge in [-0.1, -0.05) is 26.0 Å². The highest BCUT2D eigenvalue weighted by Crippen LogP contribution is 2.63. The van der Waals surface area contributed by atoms with Crippen molar-refractivity contribution in [2.75, 3.05) is 4.90 Å². The van der Waals surface area contributed by atoms with Crippen molar-refractivity contribution in [2.45, 2.75) is 26.7 Å². The average Bonchev–Trinajstić information content (AvgIpc) is 2.88. The largest absolute Gasteiger partial charge is 0.481 e. The third-order valence-electron chi connectivity index (χ3n) is 4.62. The van der Waals surface area contributed by atoms with Crippen LogP contribution in [0.5, 0.6) is 0 Å². The quantitative estimate of drug-likeness (QED) is 0.858. The van der Waals surface area contributed by atoms with E-state index in [4.69, 9.17) is 5.11 Å². The molecule has 0 bridgehead atoms. The summed E-state index contributed by atoms with van der Waals surface area (Å²) in [5, 5.41) is 8.66. The first kappa shape index (κ1) is 13.8. The fraction of sp³-hybridized carbons (Fsp3) is 0.438. The number of carboxylic acids is 1. The molecule has 1 aromatic carbocycles. The molecule has 5 heteroatoms. The van der Waals surface area contributed by atoms with E-state index in [1.807, 2.05) is 13.8 Å². The number of aliphatic carboxylic acids is 1. The molecule has 1 aliphatic heterocycles. The highest BCUT2D eigenvalue weighted by Gasteiger charge is 2.72. The fourth-order valence-electron chi connectivity index (χ4n) is 3.26. The molecule has 1 saturated heterocycles. The average molecular weight is 287 g/mol. The van der Waals surface area contributed by atoms with E-state index >= 15 is 0 Å². The fourth-order valence-corrected chi connectivity index (χ4v) is 3.26. The Morgan fingerprint density at radius 3 is 2.14 bits per heavy atom. The first-order chi connectivity index (χ1) is 9.84. The molecule has 1 heterocycles. The van der Waals surface area contributed by atoms with Crippen LogP contribution in [0, 0.1) is 17.3 Å². The van der Waals surface area contributed by atoms with Crippen LogP contribution in [-0.4, -0.2) is 22.9 Å². The summed E-state index contributed by atoms with van der Waals surface area (Å²) in [6, 6.07) is 6.97. The van der Waals surface area contributed by atoms with Crippen LogP contribution < -0.4 is 4.90 Å². The Balaban J connectivity index is 1.75. The maximum absolute atomic E-state index is 12.3. The molecule has 0 aromatic heterocycles. The summed E-state index contributed by atoms with van der Waals surface area (Å²) >= 11 is 0. The van der Waals surface area contributed by atoms with Crippen molar-refractivity contribution in [3.05, 3.63) is 29.8 Å². The molecule has 2 amide bonds. The van der Waals surface area contributed by atoms with Crippen molar-refractivity contribution >= 4 is 23.5 Å². The Hall–Kier alpha value is -2.17. The number of carbonyl (C=O) groups excluding carboxylic acids is 2.